The fraction of sp³-hybridized carbons (Fsp3) is 0.562. The smallest absolute Gasteiger partial charge is 0.167 e. The van der Waals surface area contributed by atoms with Crippen molar-refractivity contribution in [3.8, 4) is 0 Å². The zero-order chi connectivity index (χ0) is 12.8. The molecule has 106 valence electrons. The van der Waals surface area contributed by atoms with E-state index in [1.807, 2.05) is 30.3 Å². The first-order valence-corrected chi connectivity index (χ1v) is 7.13. The lowest BCUT2D eigenvalue weighted by molar-refractivity contribution is 0.0864. The Balaban J connectivity index is 0.00000180. The molecular formula is C16H24ClNO. The van der Waals surface area contributed by atoms with Gasteiger partial charge in [0.05, 0.1) is 0 Å². The normalized spacial score (nSPS) is 17.5. The lowest BCUT2D eigenvalue weighted by atomic mass is 9.94. The summed E-state index contributed by atoms with van der Waals surface area (Å²) in [4.78, 5) is 14.9. The molecule has 0 N–H and O–H groups in total. The molecule has 0 amide bonds. The van der Waals surface area contributed by atoms with Crippen LogP contribution < -0.4 is 0 Å². The van der Waals surface area contributed by atoms with E-state index in [1.165, 1.54) is 32.4 Å². The highest BCUT2D eigenvalue weighted by atomic mass is 35.5. The molecule has 1 saturated heterocycles. The van der Waals surface area contributed by atoms with Crippen LogP contribution in [0, 0.1) is 5.92 Å². The van der Waals surface area contributed by atoms with E-state index in [0.29, 0.717) is 5.78 Å². The molecular weight excluding hydrogens is 258 g/mol. The van der Waals surface area contributed by atoms with Gasteiger partial charge >= 0.3 is 0 Å². The Labute approximate surface area is 122 Å². The molecule has 1 unspecified atom stereocenters. The summed E-state index contributed by atoms with van der Waals surface area (Å²) >= 11 is 0. The molecule has 1 aliphatic rings. The summed E-state index contributed by atoms with van der Waals surface area (Å²) < 4.78 is 0. The number of carbonyl (C=O) groups is 1. The Hall–Kier alpha value is -0.860. The molecule has 0 spiro atoms. The van der Waals surface area contributed by atoms with Crippen LogP contribution in [0.1, 0.15) is 43.0 Å². The molecule has 0 saturated carbocycles. The summed E-state index contributed by atoms with van der Waals surface area (Å²) in [5.74, 6) is 0.467. The predicted octanol–water partition coefficient (Wildman–Crippen LogP) is 3.80. The van der Waals surface area contributed by atoms with E-state index in [9.17, 15) is 4.79 Å². The molecule has 0 aliphatic carbocycles. The lowest BCUT2D eigenvalue weighted by Gasteiger charge is -2.29. The number of carbonyl (C=O) groups excluding carboxylic acids is 1. The number of likely N-dealkylation sites (tertiary alicyclic amines) is 1. The summed E-state index contributed by atoms with van der Waals surface area (Å²) in [5, 5.41) is 0. The van der Waals surface area contributed by atoms with E-state index >= 15 is 0 Å². The Morgan fingerprint density at radius 1 is 1.16 bits per heavy atom. The van der Waals surface area contributed by atoms with E-state index in [2.05, 4.69) is 11.8 Å². The van der Waals surface area contributed by atoms with Gasteiger partial charge in [-0.05, 0) is 32.4 Å². The third-order valence-corrected chi connectivity index (χ3v) is 3.85. The fourth-order valence-electron chi connectivity index (χ4n) is 2.69. The molecule has 1 heterocycles. The van der Waals surface area contributed by atoms with Gasteiger partial charge in [-0.25, -0.2) is 0 Å². The average Bonchev–Trinajstić information content (AvgIpc) is 2.46. The van der Waals surface area contributed by atoms with Crippen LogP contribution in [-0.2, 0) is 0 Å². The quantitative estimate of drug-likeness (QED) is 0.765. The number of ketones is 1. The third kappa shape index (κ3) is 4.63. The van der Waals surface area contributed by atoms with Gasteiger partial charge in [0.25, 0.3) is 0 Å². The number of halogens is 1. The van der Waals surface area contributed by atoms with Gasteiger partial charge in [0.15, 0.2) is 5.78 Å². The van der Waals surface area contributed by atoms with Crippen LogP contribution in [0.4, 0.5) is 0 Å². The highest BCUT2D eigenvalue weighted by Crippen LogP contribution is 2.17. The van der Waals surface area contributed by atoms with Crippen molar-refractivity contribution in [3.05, 3.63) is 35.9 Å². The predicted molar refractivity (Wildman–Crippen MR) is 82.1 cm³/mol. The van der Waals surface area contributed by atoms with Crippen LogP contribution in [0.25, 0.3) is 0 Å². The number of benzene rings is 1. The van der Waals surface area contributed by atoms with Crippen LogP contribution in [-0.4, -0.2) is 30.3 Å². The molecule has 19 heavy (non-hydrogen) atoms. The first kappa shape index (κ1) is 16.2. The van der Waals surface area contributed by atoms with Gasteiger partial charge in [0.2, 0.25) is 0 Å². The van der Waals surface area contributed by atoms with E-state index in [0.717, 1.165) is 18.5 Å². The highest BCUT2D eigenvalue weighted by Gasteiger charge is 2.22. The van der Waals surface area contributed by atoms with Crippen molar-refractivity contribution in [2.45, 2.75) is 32.6 Å². The maximum absolute atomic E-state index is 12.4. The molecule has 3 heteroatoms. The van der Waals surface area contributed by atoms with Gasteiger partial charge in [-0.15, -0.1) is 12.4 Å². The van der Waals surface area contributed by atoms with Crippen LogP contribution in [0.15, 0.2) is 30.3 Å². The first-order chi connectivity index (χ1) is 8.81. The number of rotatable bonds is 5. The van der Waals surface area contributed by atoms with Crippen LogP contribution in [0.2, 0.25) is 0 Å². The molecule has 0 radical (unpaired) electrons. The van der Waals surface area contributed by atoms with Gasteiger partial charge in [0, 0.05) is 18.0 Å². The Kier molecular flexibility index (Phi) is 7.11. The summed E-state index contributed by atoms with van der Waals surface area (Å²) in [5.41, 5.74) is 0.862. The van der Waals surface area contributed by atoms with Crippen molar-refractivity contribution in [2.24, 2.45) is 5.92 Å². The van der Waals surface area contributed by atoms with Gasteiger partial charge in [-0.1, -0.05) is 43.7 Å². The SMILES string of the molecule is CCC(CN1CCCCC1)C(=O)c1ccccc1.Cl. The Morgan fingerprint density at radius 3 is 2.37 bits per heavy atom. The zero-order valence-electron chi connectivity index (χ0n) is 11.7. The minimum atomic E-state index is 0. The first-order valence-electron chi connectivity index (χ1n) is 7.13. The monoisotopic (exact) mass is 281 g/mol. The van der Waals surface area contributed by atoms with Crippen LogP contribution >= 0.6 is 12.4 Å². The summed E-state index contributed by atoms with van der Waals surface area (Å²) in [7, 11) is 0. The fourth-order valence-corrected chi connectivity index (χ4v) is 2.69. The summed E-state index contributed by atoms with van der Waals surface area (Å²) in [6.07, 6.45) is 4.86. The topological polar surface area (TPSA) is 20.3 Å². The van der Waals surface area contributed by atoms with E-state index in [4.69, 9.17) is 0 Å². The molecule has 1 aromatic carbocycles. The second-order valence-corrected chi connectivity index (χ2v) is 5.20. The lowest BCUT2D eigenvalue weighted by Crippen LogP contribution is -2.36. The number of hydrogen-bond acceptors (Lipinski definition) is 2. The zero-order valence-corrected chi connectivity index (χ0v) is 12.5. The molecule has 2 nitrogen and oxygen atoms in total. The number of hydrogen-bond donors (Lipinski definition) is 0. The van der Waals surface area contributed by atoms with Crippen molar-refractivity contribution in [3.63, 3.8) is 0 Å². The van der Waals surface area contributed by atoms with Crippen molar-refractivity contribution in [2.75, 3.05) is 19.6 Å². The van der Waals surface area contributed by atoms with Crippen molar-refractivity contribution >= 4 is 18.2 Å². The maximum Gasteiger partial charge on any atom is 0.167 e. The summed E-state index contributed by atoms with van der Waals surface area (Å²) in [6, 6.07) is 9.71. The third-order valence-electron chi connectivity index (χ3n) is 3.85. The molecule has 0 aromatic heterocycles. The van der Waals surface area contributed by atoms with E-state index < -0.39 is 0 Å². The largest absolute Gasteiger partial charge is 0.303 e. The number of nitrogens with zero attached hydrogens (tertiary/aromatic N) is 1. The molecule has 2 rings (SSSR count). The highest BCUT2D eigenvalue weighted by molar-refractivity contribution is 5.97. The standard InChI is InChI=1S/C16H23NO.ClH/c1-2-14(13-17-11-7-4-8-12-17)16(18)15-9-5-3-6-10-15;/h3,5-6,9-10,14H,2,4,7-8,11-13H2,1H3;1H. The van der Waals surface area contributed by atoms with Gasteiger partial charge in [0.1, 0.15) is 0 Å². The number of piperidine rings is 1. The molecule has 1 aliphatic heterocycles. The van der Waals surface area contributed by atoms with Crippen molar-refractivity contribution in [1.82, 2.24) is 4.90 Å². The van der Waals surface area contributed by atoms with E-state index in [-0.39, 0.29) is 18.3 Å². The maximum atomic E-state index is 12.4. The van der Waals surface area contributed by atoms with Gasteiger partial charge in [-0.2, -0.15) is 0 Å². The van der Waals surface area contributed by atoms with E-state index in [1.54, 1.807) is 0 Å². The molecule has 1 fully saturated rings. The van der Waals surface area contributed by atoms with Crippen LogP contribution in [0.5, 0.6) is 0 Å². The minimum absolute atomic E-state index is 0. The molecule has 1 aromatic rings. The molecule has 0 bridgehead atoms. The summed E-state index contributed by atoms with van der Waals surface area (Å²) in [6.45, 7) is 5.39. The minimum Gasteiger partial charge on any atom is -0.303 e. The Morgan fingerprint density at radius 2 is 1.79 bits per heavy atom. The van der Waals surface area contributed by atoms with Crippen LogP contribution in [0.3, 0.4) is 0 Å². The Bertz CT molecular complexity index is 374. The van der Waals surface area contributed by atoms with Crippen molar-refractivity contribution in [1.29, 1.82) is 0 Å². The second-order valence-electron chi connectivity index (χ2n) is 5.20. The molecule has 1 atom stereocenters. The van der Waals surface area contributed by atoms with Gasteiger partial charge < -0.3 is 4.90 Å². The van der Waals surface area contributed by atoms with Crippen molar-refractivity contribution < 1.29 is 4.79 Å². The second kappa shape index (κ2) is 8.34. The van der Waals surface area contributed by atoms with Gasteiger partial charge in [-0.3, -0.25) is 4.79 Å². The number of Topliss-reactive ketones (excluding diaryl/α,β-unsaturated/α-hetero) is 1. The average molecular weight is 282 g/mol.